The molecule has 7 heteroatoms. The molecule has 0 aliphatic heterocycles. The van der Waals surface area contributed by atoms with Crippen LogP contribution in [0.3, 0.4) is 0 Å². The summed E-state index contributed by atoms with van der Waals surface area (Å²) in [6.07, 6.45) is 2.99. The van der Waals surface area contributed by atoms with E-state index in [-0.39, 0.29) is 6.61 Å². The van der Waals surface area contributed by atoms with E-state index in [0.29, 0.717) is 28.9 Å². The predicted molar refractivity (Wildman–Crippen MR) is 93.4 cm³/mol. The molecule has 1 unspecified atom stereocenters. The maximum Gasteiger partial charge on any atom is 0.257 e. The molecule has 0 bridgehead atoms. The fourth-order valence-electron chi connectivity index (χ4n) is 2.19. The molecule has 1 aromatic heterocycles. The maximum atomic E-state index is 9.47. The highest BCUT2D eigenvalue weighted by Crippen LogP contribution is 2.36. The van der Waals surface area contributed by atoms with Crippen molar-refractivity contribution in [2.75, 3.05) is 27.9 Å². The van der Waals surface area contributed by atoms with E-state index < -0.39 is 6.10 Å². The van der Waals surface area contributed by atoms with Gasteiger partial charge in [0.25, 0.3) is 5.88 Å². The van der Waals surface area contributed by atoms with E-state index in [9.17, 15) is 5.11 Å². The molecule has 136 valence electrons. The molecule has 0 radical (unpaired) electrons. The Kier molecular flexibility index (Phi) is 6.30. The van der Waals surface area contributed by atoms with Crippen molar-refractivity contribution in [2.45, 2.75) is 20.0 Å². The molecule has 1 aromatic carbocycles. The average molecular weight is 349 g/mol. The number of aliphatic hydroxyl groups is 1. The molecule has 1 N–H and O–H groups in total. The minimum absolute atomic E-state index is 0.158. The van der Waals surface area contributed by atoms with Gasteiger partial charge in [0.05, 0.1) is 33.0 Å². The molecule has 7 nitrogen and oxygen atoms in total. The van der Waals surface area contributed by atoms with E-state index in [1.54, 1.807) is 39.4 Å². The molecule has 0 saturated heterocycles. The topological polar surface area (TPSA) is 83.2 Å². The first kappa shape index (κ1) is 18.7. The van der Waals surface area contributed by atoms with Crippen molar-refractivity contribution in [3.8, 4) is 23.1 Å². The fraction of sp³-hybridized carbons (Fsp3) is 0.389. The Morgan fingerprint density at radius 2 is 1.76 bits per heavy atom. The van der Waals surface area contributed by atoms with Crippen LogP contribution < -0.4 is 18.9 Å². The summed E-state index contributed by atoms with van der Waals surface area (Å²) >= 11 is 0. The third-order valence-corrected chi connectivity index (χ3v) is 3.52. The van der Waals surface area contributed by atoms with Crippen LogP contribution >= 0.6 is 0 Å². The highest BCUT2D eigenvalue weighted by molar-refractivity contribution is 5.74. The van der Waals surface area contributed by atoms with Gasteiger partial charge in [0, 0.05) is 11.6 Å². The lowest BCUT2D eigenvalue weighted by Gasteiger charge is -2.15. The molecule has 0 amide bonds. The van der Waals surface area contributed by atoms with Crippen molar-refractivity contribution < 1.29 is 28.6 Å². The Hall–Kier alpha value is -2.67. The second-order valence-electron chi connectivity index (χ2n) is 5.42. The van der Waals surface area contributed by atoms with Crippen LogP contribution in [0, 0.1) is 6.92 Å². The lowest BCUT2D eigenvalue weighted by Crippen LogP contribution is -2.13. The molecule has 0 aliphatic carbocycles. The van der Waals surface area contributed by atoms with Crippen LogP contribution in [0.4, 0.5) is 0 Å². The zero-order valence-corrected chi connectivity index (χ0v) is 15.0. The van der Waals surface area contributed by atoms with Gasteiger partial charge >= 0.3 is 0 Å². The highest BCUT2D eigenvalue weighted by Gasteiger charge is 2.13. The number of ether oxygens (including phenoxy) is 4. The number of aromatic nitrogens is 1. The number of nitrogens with zero attached hydrogens (tertiary/aromatic N) is 1. The van der Waals surface area contributed by atoms with Gasteiger partial charge in [0.1, 0.15) is 12.4 Å². The van der Waals surface area contributed by atoms with Crippen molar-refractivity contribution in [1.29, 1.82) is 0 Å². The first-order valence-corrected chi connectivity index (χ1v) is 7.75. The molecule has 0 aliphatic rings. The molecular weight excluding hydrogens is 326 g/mol. The smallest absolute Gasteiger partial charge is 0.257 e. The molecule has 2 rings (SSSR count). The third-order valence-electron chi connectivity index (χ3n) is 3.52. The summed E-state index contributed by atoms with van der Waals surface area (Å²) in [4.78, 5) is 0. The summed E-state index contributed by atoms with van der Waals surface area (Å²) in [5.74, 6) is 2.68. The van der Waals surface area contributed by atoms with Gasteiger partial charge in [-0.25, -0.2) is 0 Å². The quantitative estimate of drug-likeness (QED) is 0.784. The third kappa shape index (κ3) is 4.45. The Balaban J connectivity index is 2.38. The van der Waals surface area contributed by atoms with Gasteiger partial charge in [-0.2, -0.15) is 0 Å². The zero-order valence-electron chi connectivity index (χ0n) is 15.0. The maximum absolute atomic E-state index is 9.47. The van der Waals surface area contributed by atoms with Gasteiger partial charge in [-0.15, -0.1) is 0 Å². The molecule has 2 aromatic rings. The van der Waals surface area contributed by atoms with E-state index in [1.165, 1.54) is 7.11 Å². The van der Waals surface area contributed by atoms with Gasteiger partial charge in [-0.3, -0.25) is 0 Å². The SMILES string of the molecule is COc1cc(C=Cc2onc(OC)c2C)c(OCC(C)O)cc1OC. The van der Waals surface area contributed by atoms with Crippen LogP contribution in [0.15, 0.2) is 16.7 Å². The second kappa shape index (κ2) is 8.43. The predicted octanol–water partition coefficient (Wildman–Crippen LogP) is 2.94. The Morgan fingerprint density at radius 3 is 2.32 bits per heavy atom. The van der Waals surface area contributed by atoms with Crippen molar-refractivity contribution in [1.82, 2.24) is 5.16 Å². The monoisotopic (exact) mass is 349 g/mol. The van der Waals surface area contributed by atoms with Crippen LogP contribution in [-0.2, 0) is 0 Å². The van der Waals surface area contributed by atoms with Gasteiger partial charge in [-0.1, -0.05) is 0 Å². The van der Waals surface area contributed by atoms with E-state index in [0.717, 1.165) is 11.1 Å². The summed E-state index contributed by atoms with van der Waals surface area (Å²) in [5.41, 5.74) is 1.54. The molecule has 0 fully saturated rings. The lowest BCUT2D eigenvalue weighted by atomic mass is 10.1. The van der Waals surface area contributed by atoms with E-state index in [2.05, 4.69) is 5.16 Å². The molecular formula is C18H23NO6. The molecule has 0 spiro atoms. The summed E-state index contributed by atoms with van der Waals surface area (Å²) < 4.78 is 26.7. The lowest BCUT2D eigenvalue weighted by molar-refractivity contribution is 0.122. The molecule has 0 saturated carbocycles. The Bertz CT molecular complexity index is 735. The fourth-order valence-corrected chi connectivity index (χ4v) is 2.19. The minimum Gasteiger partial charge on any atom is -0.493 e. The van der Waals surface area contributed by atoms with Crippen LogP contribution in [0.5, 0.6) is 23.1 Å². The normalized spacial score (nSPS) is 12.2. The minimum atomic E-state index is -0.592. The van der Waals surface area contributed by atoms with Crippen molar-refractivity contribution in [3.05, 3.63) is 29.0 Å². The molecule has 25 heavy (non-hydrogen) atoms. The second-order valence-corrected chi connectivity index (χ2v) is 5.42. The number of hydrogen-bond donors (Lipinski definition) is 1. The summed E-state index contributed by atoms with van der Waals surface area (Å²) in [6, 6.07) is 3.50. The van der Waals surface area contributed by atoms with E-state index >= 15 is 0 Å². The Labute approximate surface area is 146 Å². The number of benzene rings is 1. The average Bonchev–Trinajstić information content (AvgIpc) is 2.97. The first-order chi connectivity index (χ1) is 12.0. The van der Waals surface area contributed by atoms with Gasteiger partial charge in [-0.05, 0) is 37.2 Å². The first-order valence-electron chi connectivity index (χ1n) is 7.75. The highest BCUT2D eigenvalue weighted by atomic mass is 16.5. The number of aliphatic hydroxyl groups excluding tert-OH is 1. The largest absolute Gasteiger partial charge is 0.493 e. The van der Waals surface area contributed by atoms with Crippen molar-refractivity contribution in [2.24, 2.45) is 0 Å². The van der Waals surface area contributed by atoms with Gasteiger partial charge in [0.15, 0.2) is 17.3 Å². The van der Waals surface area contributed by atoms with Gasteiger partial charge in [0.2, 0.25) is 0 Å². The van der Waals surface area contributed by atoms with E-state index in [4.69, 9.17) is 23.5 Å². The van der Waals surface area contributed by atoms with Crippen LogP contribution in [-0.4, -0.2) is 44.3 Å². The number of methoxy groups -OCH3 is 3. The zero-order chi connectivity index (χ0) is 18.4. The van der Waals surface area contributed by atoms with Crippen LogP contribution in [0.2, 0.25) is 0 Å². The molecule has 1 heterocycles. The Morgan fingerprint density at radius 1 is 1.08 bits per heavy atom. The van der Waals surface area contributed by atoms with E-state index in [1.807, 2.05) is 13.0 Å². The number of hydrogen-bond acceptors (Lipinski definition) is 7. The van der Waals surface area contributed by atoms with Crippen molar-refractivity contribution >= 4 is 12.2 Å². The standard InChI is InChI=1S/C18H23NO6/c1-11(20)10-24-15-9-17(22-4)16(21-3)8-13(15)6-7-14-12(2)18(23-5)19-25-14/h6-9,11,20H,10H2,1-5H3. The van der Waals surface area contributed by atoms with Crippen LogP contribution in [0.1, 0.15) is 23.8 Å². The van der Waals surface area contributed by atoms with Gasteiger partial charge < -0.3 is 28.6 Å². The van der Waals surface area contributed by atoms with Crippen molar-refractivity contribution in [3.63, 3.8) is 0 Å². The summed E-state index contributed by atoms with van der Waals surface area (Å²) in [5, 5.41) is 13.3. The van der Waals surface area contributed by atoms with Crippen LogP contribution in [0.25, 0.3) is 12.2 Å². The summed E-state index contributed by atoms with van der Waals surface area (Å²) in [6.45, 7) is 3.67. The molecule has 1 atom stereocenters. The number of rotatable bonds is 8. The summed E-state index contributed by atoms with van der Waals surface area (Å²) in [7, 11) is 4.65.